The lowest BCUT2D eigenvalue weighted by Gasteiger charge is -2.46. The maximum Gasteiger partial charge on any atom is 0.0233 e. The molecule has 2 aliphatic heterocycles. The molecule has 2 heteroatoms. The summed E-state index contributed by atoms with van der Waals surface area (Å²) in [5.74, 6) is 0. The lowest BCUT2D eigenvalue weighted by atomic mass is 9.79. The van der Waals surface area contributed by atoms with Gasteiger partial charge in [0.2, 0.25) is 0 Å². The second-order valence-corrected chi connectivity index (χ2v) is 5.62. The van der Waals surface area contributed by atoms with Gasteiger partial charge in [-0.25, -0.2) is 0 Å². The van der Waals surface area contributed by atoms with Crippen molar-refractivity contribution in [1.82, 2.24) is 9.80 Å². The van der Waals surface area contributed by atoms with Gasteiger partial charge >= 0.3 is 0 Å². The molecule has 0 N–H and O–H groups in total. The number of hydrogen-bond donors (Lipinski definition) is 0. The Hall–Kier alpha value is -0.860. The van der Waals surface area contributed by atoms with Gasteiger partial charge in [-0.3, -0.25) is 4.90 Å². The molecule has 0 bridgehead atoms. The minimum absolute atomic E-state index is 0.642. The number of likely N-dealkylation sites (tertiary alicyclic amines) is 2. The Morgan fingerprint density at radius 2 is 1.88 bits per heavy atom. The molecule has 0 atom stereocenters. The summed E-state index contributed by atoms with van der Waals surface area (Å²) in [7, 11) is 2.23. The minimum Gasteiger partial charge on any atom is -0.305 e. The Balaban J connectivity index is 1.59. The molecule has 0 aromatic heterocycles. The van der Waals surface area contributed by atoms with E-state index >= 15 is 0 Å². The quantitative estimate of drug-likeness (QED) is 0.744. The molecule has 2 heterocycles. The van der Waals surface area contributed by atoms with Crippen LogP contribution in [0.2, 0.25) is 0 Å². The molecule has 2 fully saturated rings. The van der Waals surface area contributed by atoms with Gasteiger partial charge in [-0.2, -0.15) is 0 Å². The van der Waals surface area contributed by atoms with Gasteiger partial charge < -0.3 is 4.90 Å². The highest BCUT2D eigenvalue weighted by Crippen LogP contribution is 2.38. The molecule has 2 nitrogen and oxygen atoms in total. The largest absolute Gasteiger partial charge is 0.305 e. The molecule has 86 valence electrons. The fraction of sp³-hybridized carbons (Fsp3) is 0.571. The van der Waals surface area contributed by atoms with Crippen LogP contribution in [0.3, 0.4) is 0 Å². The Bertz CT molecular complexity index is 354. The van der Waals surface area contributed by atoms with E-state index < -0.39 is 0 Å². The van der Waals surface area contributed by atoms with E-state index in [0.717, 1.165) is 6.54 Å². The normalized spacial score (nSPS) is 24.8. The number of benzene rings is 1. The number of rotatable bonds is 2. The molecule has 1 aromatic carbocycles. The van der Waals surface area contributed by atoms with Crippen LogP contribution in [0, 0.1) is 5.41 Å². The summed E-state index contributed by atoms with van der Waals surface area (Å²) in [6, 6.07) is 10.8. The van der Waals surface area contributed by atoms with Crippen LogP contribution >= 0.6 is 0 Å². The third-order valence-corrected chi connectivity index (χ3v) is 3.98. The Morgan fingerprint density at radius 3 is 2.56 bits per heavy atom. The predicted octanol–water partition coefficient (Wildman–Crippen LogP) is 1.82. The fourth-order valence-electron chi connectivity index (χ4n) is 3.36. The van der Waals surface area contributed by atoms with Crippen LogP contribution in [0.25, 0.3) is 0 Å². The first-order valence-corrected chi connectivity index (χ1v) is 6.21. The van der Waals surface area contributed by atoms with Crippen molar-refractivity contribution in [2.45, 2.75) is 13.0 Å². The zero-order chi connectivity index (χ0) is 11.0. The predicted molar refractivity (Wildman–Crippen MR) is 66.3 cm³/mol. The average molecular weight is 216 g/mol. The topological polar surface area (TPSA) is 6.48 Å². The van der Waals surface area contributed by atoms with Crippen LogP contribution < -0.4 is 0 Å². The minimum atomic E-state index is 0.642. The van der Waals surface area contributed by atoms with Crippen molar-refractivity contribution in [1.29, 1.82) is 0 Å². The summed E-state index contributed by atoms with van der Waals surface area (Å²) >= 11 is 0. The summed E-state index contributed by atoms with van der Waals surface area (Å²) in [4.78, 5) is 5.05. The second-order valence-electron chi connectivity index (χ2n) is 5.62. The molecule has 0 amide bonds. The second kappa shape index (κ2) is 3.86. The van der Waals surface area contributed by atoms with Crippen LogP contribution in [-0.2, 0) is 6.54 Å². The molecule has 1 spiro atoms. The van der Waals surface area contributed by atoms with E-state index in [-0.39, 0.29) is 0 Å². The summed E-state index contributed by atoms with van der Waals surface area (Å²) in [5.41, 5.74) is 2.09. The van der Waals surface area contributed by atoms with E-state index in [9.17, 15) is 0 Å². The zero-order valence-corrected chi connectivity index (χ0v) is 10.0. The number of hydrogen-bond acceptors (Lipinski definition) is 2. The van der Waals surface area contributed by atoms with Crippen molar-refractivity contribution in [2.24, 2.45) is 5.41 Å². The highest BCUT2D eigenvalue weighted by molar-refractivity contribution is 5.15. The molecule has 0 radical (unpaired) electrons. The molecule has 16 heavy (non-hydrogen) atoms. The van der Waals surface area contributed by atoms with Gasteiger partial charge in [0.1, 0.15) is 0 Å². The summed E-state index contributed by atoms with van der Waals surface area (Å²) in [6.45, 7) is 6.32. The number of nitrogens with zero attached hydrogens (tertiary/aromatic N) is 2. The van der Waals surface area contributed by atoms with E-state index in [2.05, 4.69) is 47.2 Å². The third kappa shape index (κ3) is 1.87. The molecule has 1 aromatic rings. The summed E-state index contributed by atoms with van der Waals surface area (Å²) in [6.07, 6.45) is 1.39. The molecule has 0 aliphatic carbocycles. The van der Waals surface area contributed by atoms with Crippen LogP contribution in [0.4, 0.5) is 0 Å². The first kappa shape index (κ1) is 10.3. The van der Waals surface area contributed by atoms with E-state index in [0.29, 0.717) is 5.41 Å². The van der Waals surface area contributed by atoms with Crippen molar-refractivity contribution in [3.63, 3.8) is 0 Å². The first-order chi connectivity index (χ1) is 7.76. The van der Waals surface area contributed by atoms with Gasteiger partial charge in [0, 0.05) is 31.6 Å². The van der Waals surface area contributed by atoms with Gasteiger partial charge in [0.25, 0.3) is 0 Å². The zero-order valence-electron chi connectivity index (χ0n) is 10.0. The maximum absolute atomic E-state index is 2.61. The van der Waals surface area contributed by atoms with Crippen LogP contribution in [-0.4, -0.2) is 43.0 Å². The van der Waals surface area contributed by atoms with Crippen LogP contribution in [0.5, 0.6) is 0 Å². The van der Waals surface area contributed by atoms with E-state index in [1.807, 2.05) is 0 Å². The highest BCUT2D eigenvalue weighted by Gasteiger charge is 2.45. The van der Waals surface area contributed by atoms with Gasteiger partial charge in [-0.1, -0.05) is 30.3 Å². The summed E-state index contributed by atoms with van der Waals surface area (Å²) in [5, 5.41) is 0. The molecule has 0 saturated carbocycles. The Morgan fingerprint density at radius 1 is 1.12 bits per heavy atom. The molecule has 2 aliphatic rings. The maximum atomic E-state index is 2.61. The van der Waals surface area contributed by atoms with Gasteiger partial charge in [0.05, 0.1) is 0 Å². The van der Waals surface area contributed by atoms with Crippen molar-refractivity contribution in [3.05, 3.63) is 35.9 Å². The lowest BCUT2D eigenvalue weighted by molar-refractivity contribution is 0.0301. The Kier molecular flexibility index (Phi) is 2.49. The Labute approximate surface area is 97.9 Å². The lowest BCUT2D eigenvalue weighted by Crippen LogP contribution is -2.55. The van der Waals surface area contributed by atoms with E-state index in [4.69, 9.17) is 0 Å². The molecule has 2 saturated heterocycles. The molecular weight excluding hydrogens is 196 g/mol. The van der Waals surface area contributed by atoms with Crippen molar-refractivity contribution in [3.8, 4) is 0 Å². The first-order valence-electron chi connectivity index (χ1n) is 6.21. The SMILES string of the molecule is CN1CC2(CCN(Cc3ccccc3)C2)C1. The van der Waals surface area contributed by atoms with Gasteiger partial charge in [-0.15, -0.1) is 0 Å². The third-order valence-electron chi connectivity index (χ3n) is 3.98. The standard InChI is InChI=1S/C14H20N2/c1-15-10-14(11-15)7-8-16(12-14)9-13-5-3-2-4-6-13/h2-6H,7-12H2,1H3. The van der Waals surface area contributed by atoms with E-state index in [1.54, 1.807) is 0 Å². The molecular formula is C14H20N2. The van der Waals surface area contributed by atoms with Crippen LogP contribution in [0.1, 0.15) is 12.0 Å². The highest BCUT2D eigenvalue weighted by atomic mass is 15.2. The smallest absolute Gasteiger partial charge is 0.0233 e. The molecule has 3 rings (SSSR count). The average Bonchev–Trinajstić information content (AvgIpc) is 2.63. The summed E-state index contributed by atoms with van der Waals surface area (Å²) < 4.78 is 0. The van der Waals surface area contributed by atoms with Crippen molar-refractivity contribution >= 4 is 0 Å². The van der Waals surface area contributed by atoms with Gasteiger partial charge in [-0.05, 0) is 25.6 Å². The van der Waals surface area contributed by atoms with Crippen LogP contribution in [0.15, 0.2) is 30.3 Å². The van der Waals surface area contributed by atoms with Crippen molar-refractivity contribution in [2.75, 3.05) is 33.2 Å². The monoisotopic (exact) mass is 216 g/mol. The van der Waals surface area contributed by atoms with Gasteiger partial charge in [0.15, 0.2) is 0 Å². The molecule has 0 unspecified atom stereocenters. The van der Waals surface area contributed by atoms with Crippen molar-refractivity contribution < 1.29 is 0 Å². The fourth-order valence-corrected chi connectivity index (χ4v) is 3.36. The van der Waals surface area contributed by atoms with E-state index in [1.165, 1.54) is 38.2 Å².